The van der Waals surface area contributed by atoms with Crippen molar-refractivity contribution in [2.75, 3.05) is 27.9 Å². The number of aromatic amines is 1. The molecule has 0 atom stereocenters. The molecule has 12 rings (SSSR count). The number of benzene rings is 3. The van der Waals surface area contributed by atoms with E-state index in [9.17, 15) is 24.0 Å². The molecule has 3 aromatic carbocycles. The lowest BCUT2D eigenvalue weighted by atomic mass is 10.2. The first-order valence-electron chi connectivity index (χ1n) is 41.1. The van der Waals surface area contributed by atoms with Crippen molar-refractivity contribution in [2.24, 2.45) is 11.8 Å². The number of ether oxygens (including phenoxy) is 5. The Morgan fingerprint density at radius 2 is 0.888 bits per heavy atom. The van der Waals surface area contributed by atoms with Gasteiger partial charge >= 0.3 is 18.1 Å². The van der Waals surface area contributed by atoms with Crippen molar-refractivity contribution >= 4 is 59.5 Å². The average Bonchev–Trinajstić information content (AvgIpc) is 1.64. The minimum Gasteiger partial charge on any atom is -0.497 e. The van der Waals surface area contributed by atoms with Crippen molar-refractivity contribution in [3.63, 3.8) is 0 Å². The summed E-state index contributed by atoms with van der Waals surface area (Å²) in [6.07, 6.45) is 2.86. The van der Waals surface area contributed by atoms with Gasteiger partial charge in [-0.2, -0.15) is 40.8 Å². The second kappa shape index (κ2) is 48.2. The number of nitrogens with two attached hydrogens (primary N) is 1. The zero-order valence-corrected chi connectivity index (χ0v) is 78.5. The van der Waals surface area contributed by atoms with Gasteiger partial charge in [-0.05, 0) is 234 Å². The molecule has 36 nitrogen and oxygen atoms in total. The Morgan fingerprint density at radius 3 is 1.29 bits per heavy atom. The summed E-state index contributed by atoms with van der Waals surface area (Å²) in [5.74, 6) is 7.21. The third kappa shape index (κ3) is 27.0. The molecule has 0 saturated heterocycles. The van der Waals surface area contributed by atoms with E-state index in [1.54, 1.807) is 57.8 Å². The number of carbonyl (C=O) groups excluding carboxylic acids is 4. The molecular weight excluding hydrogens is 1640 g/mol. The van der Waals surface area contributed by atoms with Gasteiger partial charge in [0.25, 0.3) is 11.8 Å². The quantitative estimate of drug-likeness (QED) is 0.00737. The molecule has 0 aliphatic heterocycles. The van der Waals surface area contributed by atoms with E-state index in [0.29, 0.717) is 84.0 Å². The number of nitrogens with one attached hydrogen (secondary N) is 5. The zero-order chi connectivity index (χ0) is 92.8. The second-order valence-electron chi connectivity index (χ2n) is 29.2. The number of hydrogen-bond donors (Lipinski definition) is 7. The fraction of sp³-hybridized carbons (Fsp3) is 0.437. The molecule has 0 aliphatic rings. The summed E-state index contributed by atoms with van der Waals surface area (Å²) >= 11 is 10.6. The number of hydrazine groups is 2. The summed E-state index contributed by atoms with van der Waals surface area (Å²) in [6.45, 7) is 51.7. The minimum absolute atomic E-state index is 0.188. The summed E-state index contributed by atoms with van der Waals surface area (Å²) in [5, 5.41) is 58.2. The summed E-state index contributed by atoms with van der Waals surface area (Å²) in [6, 6.07) is 23.6. The molecule has 0 radical (unpaired) electrons. The van der Waals surface area contributed by atoms with E-state index in [4.69, 9.17) is 54.3 Å². The molecule has 0 aliphatic carbocycles. The first-order chi connectivity index (χ1) is 59.4. The lowest BCUT2D eigenvalue weighted by Gasteiger charge is -2.13. The minimum atomic E-state index is -0.973. The van der Waals surface area contributed by atoms with Gasteiger partial charge in [0.05, 0.1) is 80.9 Å². The number of aromatic carboxylic acids is 1. The molecule has 9 heterocycles. The molecule has 0 unspecified atom stereocenters. The maximum Gasteiger partial charge on any atom is 0.516 e. The van der Waals surface area contributed by atoms with Gasteiger partial charge in [-0.1, -0.05) is 50.2 Å². The number of amides is 2. The van der Waals surface area contributed by atoms with E-state index >= 15 is 0 Å². The van der Waals surface area contributed by atoms with Crippen LogP contribution >= 0.6 is 24.4 Å². The predicted molar refractivity (Wildman–Crippen MR) is 484 cm³/mol. The Bertz CT molecular complexity index is 5620. The van der Waals surface area contributed by atoms with Crippen molar-refractivity contribution in [3.8, 4) is 40.3 Å². The third-order valence-electron chi connectivity index (χ3n) is 20.3. The monoisotopic (exact) mass is 1760 g/mol. The van der Waals surface area contributed by atoms with Crippen molar-refractivity contribution in [2.45, 2.75) is 225 Å². The van der Waals surface area contributed by atoms with Crippen LogP contribution in [0.2, 0.25) is 0 Å². The first kappa shape index (κ1) is 101. The molecule has 0 fully saturated rings. The number of H-pyrrole nitrogens is 1. The second-order valence-corrected chi connectivity index (χ2v) is 29.9. The van der Waals surface area contributed by atoms with Crippen LogP contribution in [-0.4, -0.2) is 166 Å². The number of methoxy groups -OCH3 is 3. The molecule has 2 amide bonds. The van der Waals surface area contributed by atoms with Gasteiger partial charge in [0.1, 0.15) is 57.7 Å². The van der Waals surface area contributed by atoms with Crippen LogP contribution in [0.3, 0.4) is 0 Å². The zero-order valence-electron chi connectivity index (χ0n) is 76.9. The molecule has 674 valence electrons. The van der Waals surface area contributed by atoms with Gasteiger partial charge in [-0.25, -0.2) is 20.2 Å². The molecule has 8 N–H and O–H groups in total. The number of carbonyl (C=O) groups is 5. The summed E-state index contributed by atoms with van der Waals surface area (Å²) in [7, 11) is 4.96. The highest BCUT2D eigenvalue weighted by atomic mass is 32.1. The van der Waals surface area contributed by atoms with Crippen LogP contribution in [0.1, 0.15) is 200 Å². The Morgan fingerprint density at radius 1 is 0.488 bits per heavy atom. The van der Waals surface area contributed by atoms with E-state index in [1.807, 2.05) is 176 Å². The van der Waals surface area contributed by atoms with E-state index in [2.05, 4.69) is 147 Å². The maximum absolute atomic E-state index is 12.4. The summed E-state index contributed by atoms with van der Waals surface area (Å²) < 4.78 is 41.9. The Balaban J connectivity index is 0.000000231. The van der Waals surface area contributed by atoms with Gasteiger partial charge in [-0.15, -0.1) is 10.2 Å². The number of carboxylic acid groups (broad SMARTS) is 1. The fourth-order valence-corrected chi connectivity index (χ4v) is 12.8. The largest absolute Gasteiger partial charge is 0.516 e. The molecule has 38 heteroatoms. The van der Waals surface area contributed by atoms with Gasteiger partial charge < -0.3 is 38.7 Å². The highest BCUT2D eigenvalue weighted by molar-refractivity contribution is 7.80. The molecule has 9 aromatic heterocycles. The number of hydrogen-bond acceptors (Lipinski definition) is 23. The molecule has 0 spiro atoms. The van der Waals surface area contributed by atoms with Crippen molar-refractivity contribution < 1.29 is 52.8 Å². The predicted octanol–water partition coefficient (Wildman–Crippen LogP) is 13.5. The van der Waals surface area contributed by atoms with E-state index in [0.717, 1.165) is 139 Å². The lowest BCUT2D eigenvalue weighted by Crippen LogP contribution is -2.47. The third-order valence-corrected chi connectivity index (χ3v) is 20.8. The van der Waals surface area contributed by atoms with Crippen LogP contribution in [0.15, 0.2) is 85.3 Å². The standard InChI is InChI=1S/C17H23N5O2S.C17H21N5OS.C17H21N5O.C13H20N2O4.C8H14N4O.C8H12N2O2.C7H12N2/c1-5-22-15(11(2)12(3)21-22)16(23)19-20-17(25)18-10-13-6-8-14(24-4)9-7-13;1-5-22-15(11(2)12(3)20-22)16-18-19-17(24)21(16)10-13-6-8-14(23-4)9-7-13;1-5-22-16(12(2)13(3)20-22)17-19-18-11-21(17)10-14-6-8-15(23-4)9-7-14;1-6-15-11(9(4)10(5)14-15)12(16)19-13(17)18-7-8(2)3;1-4-12-7(8(13)10-9)5(2)6(3)11-12;1-4-10-7(8(11)12)5(2)6(3)9-10;1-4-9-5-6(2)7(3)8-9/h6-9H,5,10H2,1-4H3,(H,19,23)(H2,18,20,25);6-9H,5,10H2,1-4H3,(H,19,24);6-9,11H,5,10H2,1-4H3;8H,6-7H2,1-5H3;4,9H2,1-3H3,(H,10,13);4H2,1-3H3,(H,11,12);5H,4H2,1-3H3. The number of aryl methyl sites for hydroxylation is 15. The normalized spacial score (nSPS) is 10.6. The fourth-order valence-electron chi connectivity index (χ4n) is 12.5. The SMILES string of the molecule is CCn1cc(C)c(C)n1.CCn1nc(C)c(C)c1-c1n[nH]c(=S)n1Cc1ccc(OC)cc1.CCn1nc(C)c(C)c1-c1nncn1Cc1ccc(OC)cc1.CCn1nc(C)c(C)c1C(=O)NN.CCn1nc(C)c(C)c1C(=O)NNC(=S)NCc1ccc(OC)cc1.CCn1nc(C)c(C)c1C(=O)O.CCn1nc(C)c(C)c1C(=O)OC(=O)OCC(C)C. The maximum atomic E-state index is 12.4. The molecular formula is C87H123N25O11S2. The summed E-state index contributed by atoms with van der Waals surface area (Å²) in [4.78, 5) is 57.7. The highest BCUT2D eigenvalue weighted by Crippen LogP contribution is 2.28. The van der Waals surface area contributed by atoms with E-state index in [1.165, 1.54) is 20.5 Å². The van der Waals surface area contributed by atoms with Crippen molar-refractivity contribution in [1.29, 1.82) is 0 Å². The van der Waals surface area contributed by atoms with Crippen LogP contribution in [0.5, 0.6) is 17.2 Å². The van der Waals surface area contributed by atoms with Gasteiger partial charge in [0, 0.05) is 91.9 Å². The molecule has 0 bridgehead atoms. The average molecular weight is 1760 g/mol. The number of nitrogen functional groups attached to an aromatic ring is 1. The first-order valence-corrected chi connectivity index (χ1v) is 41.9. The van der Waals surface area contributed by atoms with Crippen LogP contribution in [-0.2, 0) is 74.9 Å². The molecule has 0 saturated carbocycles. The Kier molecular flexibility index (Phi) is 38.9. The van der Waals surface area contributed by atoms with E-state index < -0.39 is 18.1 Å². The van der Waals surface area contributed by atoms with Gasteiger partial charge in [0.15, 0.2) is 21.5 Å². The van der Waals surface area contributed by atoms with Gasteiger partial charge in [0.2, 0.25) is 0 Å². The number of aromatic nitrogens is 20. The van der Waals surface area contributed by atoms with Gasteiger partial charge in [-0.3, -0.25) is 68.3 Å². The number of nitrogens with zero attached hydrogens (tertiary/aromatic N) is 19. The number of esters is 1. The Hall–Kier alpha value is -13.0. The summed E-state index contributed by atoms with van der Waals surface area (Å²) in [5.41, 5.74) is 27.7. The van der Waals surface area contributed by atoms with Crippen LogP contribution < -0.4 is 41.6 Å². The Labute approximate surface area is 740 Å². The van der Waals surface area contributed by atoms with Crippen LogP contribution in [0, 0.1) is 108 Å². The van der Waals surface area contributed by atoms with E-state index in [-0.39, 0.29) is 24.3 Å². The number of carboxylic acids is 1. The molecule has 125 heavy (non-hydrogen) atoms. The van der Waals surface area contributed by atoms with Crippen LogP contribution in [0.25, 0.3) is 23.0 Å². The lowest BCUT2D eigenvalue weighted by molar-refractivity contribution is 0.0339. The highest BCUT2D eigenvalue weighted by Gasteiger charge is 2.26. The van der Waals surface area contributed by atoms with Crippen molar-refractivity contribution in [1.82, 2.24) is 120 Å². The van der Waals surface area contributed by atoms with Crippen LogP contribution in [0.4, 0.5) is 4.79 Å². The van der Waals surface area contributed by atoms with Crippen molar-refractivity contribution in [3.05, 3.63) is 208 Å². The number of thiocarbonyl (C=S) groups is 1. The molecule has 12 aromatic rings. The topological polar surface area (TPSA) is 415 Å². The number of rotatable bonds is 24. The smallest absolute Gasteiger partial charge is 0.497 e.